The number of nitrogens with one attached hydrogen (secondary N) is 1. The lowest BCUT2D eigenvalue weighted by molar-refractivity contribution is 0.102. The van der Waals surface area contributed by atoms with Gasteiger partial charge in [-0.05, 0) is 24.3 Å². The van der Waals surface area contributed by atoms with Crippen LogP contribution in [0.2, 0.25) is 0 Å². The fourth-order valence-corrected chi connectivity index (χ4v) is 1.55. The highest BCUT2D eigenvalue weighted by Gasteiger charge is 2.05. The number of carbonyl (C=O) groups excluding carboxylic acids is 1. The predicted molar refractivity (Wildman–Crippen MR) is 73.2 cm³/mol. The normalized spacial score (nSPS) is 9.95. The van der Waals surface area contributed by atoms with Crippen molar-refractivity contribution in [1.82, 2.24) is 4.98 Å². The molecule has 0 spiro atoms. The minimum absolute atomic E-state index is 0.182. The summed E-state index contributed by atoms with van der Waals surface area (Å²) in [5, 5.41) is 2.80. The molecule has 5 nitrogen and oxygen atoms in total. The van der Waals surface area contributed by atoms with Crippen LogP contribution in [0, 0.1) is 0 Å². The van der Waals surface area contributed by atoms with Crippen LogP contribution in [-0.4, -0.2) is 24.0 Å². The average molecular weight is 257 g/mol. The Hall–Kier alpha value is -2.40. The van der Waals surface area contributed by atoms with Gasteiger partial charge in [-0.3, -0.25) is 9.78 Å². The predicted octanol–water partition coefficient (Wildman–Crippen LogP) is 1.67. The highest BCUT2D eigenvalue weighted by molar-refractivity contribution is 6.04. The zero-order chi connectivity index (χ0) is 13.5. The van der Waals surface area contributed by atoms with E-state index >= 15 is 0 Å². The fourth-order valence-electron chi connectivity index (χ4n) is 1.55. The van der Waals surface area contributed by atoms with E-state index < -0.39 is 0 Å². The van der Waals surface area contributed by atoms with Crippen LogP contribution < -0.4 is 15.8 Å². The topological polar surface area (TPSA) is 77.2 Å². The summed E-state index contributed by atoms with van der Waals surface area (Å²) >= 11 is 0. The van der Waals surface area contributed by atoms with Gasteiger partial charge in [-0.25, -0.2) is 0 Å². The molecule has 2 rings (SSSR count). The Labute approximate surface area is 111 Å². The van der Waals surface area contributed by atoms with Gasteiger partial charge >= 0.3 is 0 Å². The summed E-state index contributed by atoms with van der Waals surface area (Å²) in [7, 11) is 0. The zero-order valence-electron chi connectivity index (χ0n) is 10.4. The lowest BCUT2D eigenvalue weighted by atomic mass is 10.2. The molecule has 0 saturated carbocycles. The molecular formula is C14H15N3O2. The standard InChI is InChI=1S/C14H15N3O2/c15-6-9-19-13-3-1-2-12(10-13)17-14(18)11-4-7-16-8-5-11/h1-5,7-8,10H,6,9,15H2,(H,17,18). The molecule has 19 heavy (non-hydrogen) atoms. The minimum atomic E-state index is -0.182. The van der Waals surface area contributed by atoms with Gasteiger partial charge in [-0.15, -0.1) is 0 Å². The van der Waals surface area contributed by atoms with Crippen LogP contribution in [-0.2, 0) is 0 Å². The Morgan fingerprint density at radius 3 is 2.79 bits per heavy atom. The number of nitrogens with two attached hydrogens (primary N) is 1. The molecule has 0 aliphatic carbocycles. The quantitative estimate of drug-likeness (QED) is 0.854. The Bertz CT molecular complexity index is 543. The maximum Gasteiger partial charge on any atom is 0.255 e. The third-order valence-electron chi connectivity index (χ3n) is 2.42. The second-order valence-corrected chi connectivity index (χ2v) is 3.85. The lowest BCUT2D eigenvalue weighted by Gasteiger charge is -2.08. The number of hydrogen-bond acceptors (Lipinski definition) is 4. The fraction of sp³-hybridized carbons (Fsp3) is 0.143. The van der Waals surface area contributed by atoms with Gasteiger partial charge in [0.25, 0.3) is 5.91 Å². The highest BCUT2D eigenvalue weighted by Crippen LogP contribution is 2.17. The maximum absolute atomic E-state index is 11.9. The SMILES string of the molecule is NCCOc1cccc(NC(=O)c2ccncc2)c1. The lowest BCUT2D eigenvalue weighted by Crippen LogP contribution is -2.13. The summed E-state index contributed by atoms with van der Waals surface area (Å²) in [6.07, 6.45) is 3.16. The Morgan fingerprint density at radius 2 is 2.05 bits per heavy atom. The van der Waals surface area contributed by atoms with Crippen LogP contribution >= 0.6 is 0 Å². The van der Waals surface area contributed by atoms with Crippen molar-refractivity contribution in [2.24, 2.45) is 5.73 Å². The van der Waals surface area contributed by atoms with E-state index in [9.17, 15) is 4.79 Å². The second-order valence-electron chi connectivity index (χ2n) is 3.85. The van der Waals surface area contributed by atoms with Gasteiger partial charge in [0.2, 0.25) is 0 Å². The van der Waals surface area contributed by atoms with E-state index in [0.29, 0.717) is 30.2 Å². The number of rotatable bonds is 5. The molecule has 1 aromatic heterocycles. The van der Waals surface area contributed by atoms with Crippen molar-refractivity contribution in [3.8, 4) is 5.75 Å². The van der Waals surface area contributed by atoms with E-state index in [-0.39, 0.29) is 5.91 Å². The number of pyridine rings is 1. The molecule has 3 N–H and O–H groups in total. The number of hydrogen-bond donors (Lipinski definition) is 2. The van der Waals surface area contributed by atoms with E-state index in [1.165, 1.54) is 0 Å². The van der Waals surface area contributed by atoms with Crippen molar-refractivity contribution in [2.75, 3.05) is 18.5 Å². The van der Waals surface area contributed by atoms with E-state index in [1.807, 2.05) is 12.1 Å². The molecule has 0 fully saturated rings. The third-order valence-corrected chi connectivity index (χ3v) is 2.42. The van der Waals surface area contributed by atoms with Crippen molar-refractivity contribution >= 4 is 11.6 Å². The van der Waals surface area contributed by atoms with Gasteiger partial charge in [0, 0.05) is 36.3 Å². The summed E-state index contributed by atoms with van der Waals surface area (Å²) in [6.45, 7) is 0.898. The van der Waals surface area contributed by atoms with Crippen LogP contribution in [0.5, 0.6) is 5.75 Å². The van der Waals surface area contributed by atoms with Gasteiger partial charge in [0.05, 0.1) is 0 Å². The van der Waals surface area contributed by atoms with Crippen molar-refractivity contribution in [3.05, 3.63) is 54.4 Å². The van der Waals surface area contributed by atoms with Crippen molar-refractivity contribution in [2.45, 2.75) is 0 Å². The van der Waals surface area contributed by atoms with Crippen LogP contribution in [0.4, 0.5) is 5.69 Å². The number of amides is 1. The first-order chi connectivity index (χ1) is 9.29. The molecule has 98 valence electrons. The first kappa shape index (κ1) is 13.0. The molecule has 0 saturated heterocycles. The second kappa shape index (κ2) is 6.51. The molecule has 0 aliphatic rings. The van der Waals surface area contributed by atoms with Gasteiger partial charge in [-0.1, -0.05) is 6.07 Å². The highest BCUT2D eigenvalue weighted by atomic mass is 16.5. The van der Waals surface area contributed by atoms with Crippen molar-refractivity contribution in [1.29, 1.82) is 0 Å². The summed E-state index contributed by atoms with van der Waals surface area (Å²) in [6, 6.07) is 10.5. The maximum atomic E-state index is 11.9. The monoisotopic (exact) mass is 257 g/mol. The smallest absolute Gasteiger partial charge is 0.255 e. The van der Waals surface area contributed by atoms with E-state index in [0.717, 1.165) is 0 Å². The van der Waals surface area contributed by atoms with E-state index in [2.05, 4.69) is 10.3 Å². The number of ether oxygens (including phenoxy) is 1. The number of aromatic nitrogens is 1. The van der Waals surface area contributed by atoms with Gasteiger partial charge in [0.15, 0.2) is 0 Å². The minimum Gasteiger partial charge on any atom is -0.492 e. The summed E-state index contributed by atoms with van der Waals surface area (Å²) < 4.78 is 5.40. The molecule has 1 aromatic carbocycles. The van der Waals surface area contributed by atoms with Crippen LogP contribution in [0.25, 0.3) is 0 Å². The number of carbonyl (C=O) groups is 1. The molecule has 0 atom stereocenters. The van der Waals surface area contributed by atoms with Crippen molar-refractivity contribution < 1.29 is 9.53 Å². The molecule has 0 unspecified atom stereocenters. The zero-order valence-corrected chi connectivity index (χ0v) is 10.4. The number of benzene rings is 1. The van der Waals surface area contributed by atoms with Gasteiger partial charge < -0.3 is 15.8 Å². The molecule has 0 radical (unpaired) electrons. The summed E-state index contributed by atoms with van der Waals surface area (Å²) in [5.74, 6) is 0.497. The Morgan fingerprint density at radius 1 is 1.26 bits per heavy atom. The van der Waals surface area contributed by atoms with E-state index in [4.69, 9.17) is 10.5 Å². The first-order valence-electron chi connectivity index (χ1n) is 5.94. The van der Waals surface area contributed by atoms with Crippen LogP contribution in [0.15, 0.2) is 48.8 Å². The van der Waals surface area contributed by atoms with Crippen LogP contribution in [0.1, 0.15) is 10.4 Å². The molecule has 0 aliphatic heterocycles. The Kier molecular flexibility index (Phi) is 4.47. The molecule has 1 amide bonds. The van der Waals surface area contributed by atoms with E-state index in [1.54, 1.807) is 36.7 Å². The molecule has 2 aromatic rings. The van der Waals surface area contributed by atoms with Crippen molar-refractivity contribution in [3.63, 3.8) is 0 Å². The summed E-state index contributed by atoms with van der Waals surface area (Å²) in [4.78, 5) is 15.8. The Balaban J connectivity index is 2.05. The molecular weight excluding hydrogens is 242 g/mol. The van der Waals surface area contributed by atoms with Crippen LogP contribution in [0.3, 0.4) is 0 Å². The average Bonchev–Trinajstić information content (AvgIpc) is 2.46. The van der Waals surface area contributed by atoms with Gasteiger partial charge in [-0.2, -0.15) is 0 Å². The molecule has 1 heterocycles. The summed E-state index contributed by atoms with van der Waals surface area (Å²) in [5.41, 5.74) is 6.61. The number of nitrogens with zero attached hydrogens (tertiary/aromatic N) is 1. The molecule has 0 bridgehead atoms. The first-order valence-corrected chi connectivity index (χ1v) is 5.94. The molecule has 5 heteroatoms. The number of anilines is 1. The third kappa shape index (κ3) is 3.79. The largest absolute Gasteiger partial charge is 0.492 e. The van der Waals surface area contributed by atoms with Gasteiger partial charge in [0.1, 0.15) is 12.4 Å².